The molecule has 0 radical (unpaired) electrons. The summed E-state index contributed by atoms with van der Waals surface area (Å²) in [6, 6.07) is 9.22. The predicted molar refractivity (Wildman–Crippen MR) is 81.1 cm³/mol. The first-order valence-corrected chi connectivity index (χ1v) is 7.65. The van der Waals surface area contributed by atoms with Crippen molar-refractivity contribution < 1.29 is 14.3 Å². The number of nitrogens with one attached hydrogen (secondary N) is 2. The number of benzene rings is 1. The van der Waals surface area contributed by atoms with Crippen LogP contribution >= 0.6 is 11.8 Å². The fourth-order valence-corrected chi connectivity index (χ4v) is 2.24. The first-order valence-electron chi connectivity index (χ1n) is 6.49. The van der Waals surface area contributed by atoms with Gasteiger partial charge in [-0.2, -0.15) is 11.8 Å². The van der Waals surface area contributed by atoms with Gasteiger partial charge in [-0.15, -0.1) is 0 Å². The largest absolute Gasteiger partial charge is 0.494 e. The van der Waals surface area contributed by atoms with E-state index in [1.807, 2.05) is 30.3 Å². The summed E-state index contributed by atoms with van der Waals surface area (Å²) in [5, 5.41) is 4.56. The van der Waals surface area contributed by atoms with Crippen LogP contribution in [-0.4, -0.2) is 37.1 Å². The Hall–Kier alpha value is -1.69. The fourth-order valence-electron chi connectivity index (χ4n) is 1.39. The highest BCUT2D eigenvalue weighted by Crippen LogP contribution is 2.10. The van der Waals surface area contributed by atoms with E-state index in [4.69, 9.17) is 4.74 Å². The Balaban J connectivity index is 1.95. The van der Waals surface area contributed by atoms with Gasteiger partial charge >= 0.3 is 6.03 Å². The second-order valence-electron chi connectivity index (χ2n) is 4.00. The molecule has 0 aromatic heterocycles. The monoisotopic (exact) mass is 296 g/mol. The third-order valence-electron chi connectivity index (χ3n) is 2.40. The van der Waals surface area contributed by atoms with Gasteiger partial charge in [-0.05, 0) is 24.3 Å². The van der Waals surface area contributed by atoms with E-state index in [9.17, 15) is 9.59 Å². The molecule has 0 aliphatic rings. The van der Waals surface area contributed by atoms with E-state index in [1.165, 1.54) is 7.05 Å². The molecule has 3 amide bonds. The van der Waals surface area contributed by atoms with Crippen LogP contribution in [-0.2, 0) is 4.79 Å². The first-order chi connectivity index (χ1) is 9.72. The molecule has 0 atom stereocenters. The van der Waals surface area contributed by atoms with Crippen LogP contribution in [0.15, 0.2) is 30.3 Å². The number of hydrogen-bond donors (Lipinski definition) is 2. The van der Waals surface area contributed by atoms with Crippen LogP contribution in [0.1, 0.15) is 12.8 Å². The minimum absolute atomic E-state index is 0.252. The third kappa shape index (κ3) is 7.68. The Morgan fingerprint density at radius 3 is 2.65 bits per heavy atom. The van der Waals surface area contributed by atoms with Crippen LogP contribution in [0.3, 0.4) is 0 Å². The van der Waals surface area contributed by atoms with Crippen molar-refractivity contribution in [1.82, 2.24) is 10.6 Å². The molecule has 5 nitrogen and oxygen atoms in total. The van der Waals surface area contributed by atoms with Gasteiger partial charge in [0, 0.05) is 19.2 Å². The minimum Gasteiger partial charge on any atom is -0.494 e. The molecule has 1 aromatic carbocycles. The second-order valence-corrected chi connectivity index (χ2v) is 5.23. The molecule has 0 saturated carbocycles. The summed E-state index contributed by atoms with van der Waals surface area (Å²) < 4.78 is 5.56. The first kappa shape index (κ1) is 16.4. The molecule has 0 saturated heterocycles. The summed E-state index contributed by atoms with van der Waals surface area (Å²) in [5.74, 6) is 2.26. The van der Waals surface area contributed by atoms with Crippen molar-refractivity contribution in [3.63, 3.8) is 0 Å². The summed E-state index contributed by atoms with van der Waals surface area (Å²) in [6.07, 6.45) is 1.27. The highest BCUT2D eigenvalue weighted by Gasteiger charge is 2.04. The molecule has 110 valence electrons. The van der Waals surface area contributed by atoms with Gasteiger partial charge in [0.2, 0.25) is 5.91 Å². The van der Waals surface area contributed by atoms with Crippen molar-refractivity contribution in [2.24, 2.45) is 0 Å². The lowest BCUT2D eigenvalue weighted by atomic mass is 10.3. The van der Waals surface area contributed by atoms with Gasteiger partial charge in [-0.1, -0.05) is 18.2 Å². The summed E-state index contributed by atoms with van der Waals surface area (Å²) in [5.41, 5.74) is 0. The number of urea groups is 1. The number of carbonyl (C=O) groups is 2. The Kier molecular flexibility index (Phi) is 8.30. The van der Waals surface area contributed by atoms with E-state index in [2.05, 4.69) is 10.6 Å². The number of para-hydroxylation sites is 1. The molecular weight excluding hydrogens is 276 g/mol. The third-order valence-corrected chi connectivity index (χ3v) is 3.47. The van der Waals surface area contributed by atoms with Gasteiger partial charge in [-0.3, -0.25) is 10.1 Å². The number of thioether (sulfide) groups is 1. The average molecular weight is 296 g/mol. The van der Waals surface area contributed by atoms with Crippen molar-refractivity contribution in [3.8, 4) is 5.75 Å². The normalized spacial score (nSPS) is 9.85. The van der Waals surface area contributed by atoms with Crippen LogP contribution in [0.25, 0.3) is 0 Å². The van der Waals surface area contributed by atoms with E-state index in [-0.39, 0.29) is 5.91 Å². The highest BCUT2D eigenvalue weighted by atomic mass is 32.2. The van der Waals surface area contributed by atoms with E-state index >= 15 is 0 Å². The molecule has 1 aromatic rings. The number of imide groups is 1. The predicted octanol–water partition coefficient (Wildman–Crippen LogP) is 2.03. The van der Waals surface area contributed by atoms with Gasteiger partial charge < -0.3 is 10.1 Å². The summed E-state index contributed by atoms with van der Waals surface area (Å²) in [7, 11) is 1.48. The molecule has 0 fully saturated rings. The van der Waals surface area contributed by atoms with Gasteiger partial charge in [0.1, 0.15) is 5.75 Å². The lowest BCUT2D eigenvalue weighted by Gasteiger charge is -2.06. The zero-order chi connectivity index (χ0) is 14.6. The fraction of sp³-hybridized carbons (Fsp3) is 0.429. The van der Waals surface area contributed by atoms with Gasteiger partial charge in [-0.25, -0.2) is 4.79 Å². The number of ether oxygens (including phenoxy) is 1. The molecular formula is C14H20N2O3S. The number of hydrogen-bond acceptors (Lipinski definition) is 4. The lowest BCUT2D eigenvalue weighted by molar-refractivity contribution is -0.119. The quantitative estimate of drug-likeness (QED) is 0.720. The molecule has 0 bridgehead atoms. The topological polar surface area (TPSA) is 67.4 Å². The Morgan fingerprint density at radius 1 is 1.20 bits per heavy atom. The van der Waals surface area contributed by atoms with Crippen LogP contribution in [0.4, 0.5) is 4.79 Å². The SMILES string of the molecule is CNC(=O)NC(=O)CCSCCCOc1ccccc1. The van der Waals surface area contributed by atoms with Crippen molar-refractivity contribution in [2.45, 2.75) is 12.8 Å². The van der Waals surface area contributed by atoms with Crippen molar-refractivity contribution >= 4 is 23.7 Å². The Bertz CT molecular complexity index is 412. The molecule has 0 spiro atoms. The van der Waals surface area contributed by atoms with E-state index in [0.29, 0.717) is 18.8 Å². The number of amides is 3. The molecule has 0 aliphatic carbocycles. The average Bonchev–Trinajstić information content (AvgIpc) is 2.47. The zero-order valence-corrected chi connectivity index (χ0v) is 12.4. The van der Waals surface area contributed by atoms with Gasteiger partial charge in [0.05, 0.1) is 6.61 Å². The van der Waals surface area contributed by atoms with Crippen LogP contribution < -0.4 is 15.4 Å². The summed E-state index contributed by atoms with van der Waals surface area (Å²) >= 11 is 1.68. The molecule has 0 heterocycles. The van der Waals surface area contributed by atoms with Crippen molar-refractivity contribution in [2.75, 3.05) is 25.2 Å². The zero-order valence-electron chi connectivity index (χ0n) is 11.6. The molecule has 20 heavy (non-hydrogen) atoms. The van der Waals surface area contributed by atoms with E-state index in [0.717, 1.165) is 17.9 Å². The second kappa shape index (κ2) is 10.1. The molecule has 1 rings (SSSR count). The smallest absolute Gasteiger partial charge is 0.321 e. The molecule has 0 aliphatic heterocycles. The summed E-state index contributed by atoms with van der Waals surface area (Å²) in [4.78, 5) is 22.1. The van der Waals surface area contributed by atoms with Crippen LogP contribution in [0.2, 0.25) is 0 Å². The standard InChI is InChI=1S/C14H20N2O3S/c1-15-14(18)16-13(17)8-11-20-10-5-9-19-12-6-3-2-4-7-12/h2-4,6-7H,5,8-11H2,1H3,(H2,15,16,17,18). The highest BCUT2D eigenvalue weighted by molar-refractivity contribution is 7.99. The Morgan fingerprint density at radius 2 is 1.95 bits per heavy atom. The lowest BCUT2D eigenvalue weighted by Crippen LogP contribution is -2.37. The molecule has 6 heteroatoms. The number of carbonyl (C=O) groups excluding carboxylic acids is 2. The molecule has 0 unspecified atom stereocenters. The van der Waals surface area contributed by atoms with Crippen LogP contribution in [0.5, 0.6) is 5.75 Å². The maximum absolute atomic E-state index is 11.3. The van der Waals surface area contributed by atoms with Gasteiger partial charge in [0.15, 0.2) is 0 Å². The van der Waals surface area contributed by atoms with Crippen molar-refractivity contribution in [1.29, 1.82) is 0 Å². The van der Waals surface area contributed by atoms with E-state index < -0.39 is 6.03 Å². The number of rotatable bonds is 8. The summed E-state index contributed by atoms with van der Waals surface area (Å²) in [6.45, 7) is 0.668. The Labute approximate surface area is 123 Å². The van der Waals surface area contributed by atoms with Crippen molar-refractivity contribution in [3.05, 3.63) is 30.3 Å². The maximum Gasteiger partial charge on any atom is 0.321 e. The van der Waals surface area contributed by atoms with E-state index in [1.54, 1.807) is 11.8 Å². The minimum atomic E-state index is -0.462. The van der Waals surface area contributed by atoms with Crippen LogP contribution in [0, 0.1) is 0 Å². The molecule has 2 N–H and O–H groups in total. The van der Waals surface area contributed by atoms with Gasteiger partial charge in [0.25, 0.3) is 0 Å². The maximum atomic E-state index is 11.3.